The van der Waals surface area contributed by atoms with Gasteiger partial charge in [0.2, 0.25) is 11.2 Å². The predicted octanol–water partition coefficient (Wildman–Crippen LogP) is 7.55. The second-order valence-corrected chi connectivity index (χ2v) is 17.7. The number of likely N-dealkylation sites (tertiary alicyclic amines) is 1. The summed E-state index contributed by atoms with van der Waals surface area (Å²) in [7, 11) is 1.35. The molecule has 5 aromatic carbocycles. The number of rotatable bonds is 17. The van der Waals surface area contributed by atoms with Crippen LogP contribution in [0.3, 0.4) is 0 Å². The highest BCUT2D eigenvalue weighted by Crippen LogP contribution is 2.37. The number of aliphatic hydroxyl groups is 2. The van der Waals surface area contributed by atoms with Crippen molar-refractivity contribution in [3.05, 3.63) is 188 Å². The lowest BCUT2D eigenvalue weighted by molar-refractivity contribution is -0.164. The van der Waals surface area contributed by atoms with Crippen LogP contribution < -0.4 is 20.9 Å². The molecule has 6 N–H and O–H groups in total. The van der Waals surface area contributed by atoms with E-state index < -0.39 is 29.4 Å². The number of hydrogen-bond acceptors (Lipinski definition) is 11. The number of benzene rings is 5. The van der Waals surface area contributed by atoms with Crippen LogP contribution in [0.5, 0.6) is 11.5 Å². The zero-order chi connectivity index (χ0) is 46.2. The molecule has 1 aliphatic rings. The molecule has 1 amide bonds. The zero-order valence-corrected chi connectivity index (χ0v) is 37.2. The van der Waals surface area contributed by atoms with Gasteiger partial charge in [0, 0.05) is 46.4 Å². The first kappa shape index (κ1) is 45.9. The maximum atomic E-state index is 15.6. The summed E-state index contributed by atoms with van der Waals surface area (Å²) < 4.78 is 27.0. The third kappa shape index (κ3) is 10.4. The number of carbonyl (C=O) groups excluding carboxylic acids is 2. The number of halogens is 1. The van der Waals surface area contributed by atoms with E-state index in [1.54, 1.807) is 54.6 Å². The number of H-pyrrole nitrogens is 1. The van der Waals surface area contributed by atoms with Crippen LogP contribution in [0, 0.1) is 11.7 Å². The number of aromatic hydroxyl groups is 1. The second-order valence-electron chi connectivity index (χ2n) is 16.5. The molecule has 3 heterocycles. The van der Waals surface area contributed by atoms with Crippen molar-refractivity contribution in [2.75, 3.05) is 33.4 Å². The van der Waals surface area contributed by atoms with Crippen LogP contribution in [0.1, 0.15) is 62.0 Å². The molecule has 0 bridgehead atoms. The number of aliphatic hydroxyl groups excluding tert-OH is 1. The molecule has 8 rings (SSSR count). The molecular weight excluding hydrogens is 860 g/mol. The summed E-state index contributed by atoms with van der Waals surface area (Å²) in [4.78, 5) is 45.8. The third-order valence-electron chi connectivity index (χ3n) is 12.0. The summed E-state index contributed by atoms with van der Waals surface area (Å²) in [5.41, 5.74) is 1.24. The molecule has 1 saturated heterocycles. The van der Waals surface area contributed by atoms with Gasteiger partial charge in [-0.05, 0) is 102 Å². The summed E-state index contributed by atoms with van der Waals surface area (Å²) in [6.45, 7) is 3.18. The molecular formula is C52H51FN4O8S. The molecule has 12 nitrogen and oxygen atoms in total. The number of piperidine rings is 1. The number of phenols is 1. The maximum absolute atomic E-state index is 15.6. The van der Waals surface area contributed by atoms with Crippen molar-refractivity contribution in [2.24, 2.45) is 5.92 Å². The Bertz CT molecular complexity index is 2870. The number of phenolic OH excluding ortho intramolecular Hbond substituents is 1. The van der Waals surface area contributed by atoms with Gasteiger partial charge < -0.3 is 40.4 Å². The number of methoxy groups -OCH3 is 1. The quantitative estimate of drug-likeness (QED) is 0.0501. The van der Waals surface area contributed by atoms with E-state index in [0.717, 1.165) is 47.8 Å². The largest absolute Gasteiger partial charge is 0.506 e. The van der Waals surface area contributed by atoms with E-state index in [4.69, 9.17) is 9.47 Å². The van der Waals surface area contributed by atoms with Gasteiger partial charge in [-0.3, -0.25) is 14.5 Å². The van der Waals surface area contributed by atoms with Crippen LogP contribution >= 0.6 is 11.3 Å². The Balaban J connectivity index is 0.887. The monoisotopic (exact) mass is 910 g/mol. The second kappa shape index (κ2) is 20.7. The summed E-state index contributed by atoms with van der Waals surface area (Å²) >= 11 is 1.41. The molecule has 7 aromatic rings. The Hall–Kier alpha value is -6.68. The Morgan fingerprint density at radius 1 is 0.879 bits per heavy atom. The standard InChI is InChI=1S/C52H51FN4O8S/c1-64-45-26-35(28-54-30-44(59)40-16-18-43(58)49-41(40)17-20-47(60)56-49)25-42(53)48(45)50(61)55-29-39-15-19-46(66-39)36-11-8-14-38(27-36)52(63,37-12-6-3-7-13-37)51(62)65-32-34-21-23-57(24-22-34)31-33-9-4-2-5-10-33/h2-20,25-27,34,44,54,58-59,63H,21-24,28-32H2,1H3,(H,55,61)(H,56,60). The molecule has 2 unspecified atom stereocenters. The lowest BCUT2D eigenvalue weighted by Gasteiger charge is -2.33. The molecule has 0 saturated carbocycles. The highest BCUT2D eigenvalue weighted by atomic mass is 32.1. The van der Waals surface area contributed by atoms with Crippen molar-refractivity contribution >= 4 is 34.1 Å². The van der Waals surface area contributed by atoms with Crippen LogP contribution in [0.25, 0.3) is 21.3 Å². The number of hydrogen-bond donors (Lipinski definition) is 6. The number of amides is 1. The van der Waals surface area contributed by atoms with Crippen LogP contribution in [0.2, 0.25) is 0 Å². The van der Waals surface area contributed by atoms with Crippen molar-refractivity contribution < 1.29 is 38.8 Å². The Morgan fingerprint density at radius 3 is 2.38 bits per heavy atom. The topological polar surface area (TPSA) is 173 Å². The fourth-order valence-electron chi connectivity index (χ4n) is 8.44. The minimum Gasteiger partial charge on any atom is -0.506 e. The molecule has 0 radical (unpaired) electrons. The van der Waals surface area contributed by atoms with Gasteiger partial charge in [-0.15, -0.1) is 11.3 Å². The Kier molecular flexibility index (Phi) is 14.4. The number of pyridine rings is 1. The van der Waals surface area contributed by atoms with Gasteiger partial charge in [-0.1, -0.05) is 84.9 Å². The fraction of sp³-hybridized carbons (Fsp3) is 0.250. The number of aromatic nitrogens is 1. The molecule has 1 aliphatic heterocycles. The van der Waals surface area contributed by atoms with E-state index >= 15 is 4.39 Å². The highest BCUT2D eigenvalue weighted by Gasteiger charge is 2.42. The first-order chi connectivity index (χ1) is 32.0. The molecule has 340 valence electrons. The number of esters is 1. The number of ether oxygens (including phenoxy) is 2. The average molecular weight is 911 g/mol. The minimum absolute atomic E-state index is 0.0377. The van der Waals surface area contributed by atoms with Gasteiger partial charge in [0.15, 0.2) is 0 Å². The van der Waals surface area contributed by atoms with E-state index in [2.05, 4.69) is 32.7 Å². The molecule has 0 aliphatic carbocycles. The molecule has 2 atom stereocenters. The SMILES string of the molecule is COc1cc(CNCC(O)c2ccc(O)c3[nH]c(=O)ccc23)cc(F)c1C(=O)NCc1ccc(-c2cccc(C(O)(C(=O)OCC3CCN(Cc4ccccc4)CC3)c3ccccc3)c2)s1. The van der Waals surface area contributed by atoms with Crippen molar-refractivity contribution in [3.63, 3.8) is 0 Å². The van der Waals surface area contributed by atoms with E-state index in [-0.39, 0.29) is 60.3 Å². The van der Waals surface area contributed by atoms with Crippen molar-refractivity contribution in [1.82, 2.24) is 20.5 Å². The number of thiophene rings is 1. The molecule has 14 heteroatoms. The first-order valence-corrected chi connectivity index (χ1v) is 22.6. The molecule has 2 aromatic heterocycles. The van der Waals surface area contributed by atoms with Gasteiger partial charge in [0.05, 0.1) is 31.9 Å². The first-order valence-electron chi connectivity index (χ1n) is 21.8. The predicted molar refractivity (Wildman–Crippen MR) is 252 cm³/mol. The zero-order valence-electron chi connectivity index (χ0n) is 36.3. The van der Waals surface area contributed by atoms with Crippen LogP contribution in [0.15, 0.2) is 138 Å². The van der Waals surface area contributed by atoms with Crippen LogP contribution in [-0.4, -0.2) is 70.4 Å². The molecule has 66 heavy (non-hydrogen) atoms. The van der Waals surface area contributed by atoms with E-state index in [1.165, 1.54) is 48.3 Å². The van der Waals surface area contributed by atoms with Crippen molar-refractivity contribution in [3.8, 4) is 21.9 Å². The van der Waals surface area contributed by atoms with Crippen molar-refractivity contribution in [1.29, 1.82) is 0 Å². The number of aromatic amines is 1. The van der Waals surface area contributed by atoms with Crippen LogP contribution in [0.4, 0.5) is 4.39 Å². The van der Waals surface area contributed by atoms with Crippen molar-refractivity contribution in [2.45, 2.75) is 44.2 Å². The third-order valence-corrected chi connectivity index (χ3v) is 13.2. The van der Waals surface area contributed by atoms with Gasteiger partial charge in [-0.2, -0.15) is 0 Å². The average Bonchev–Trinajstić information content (AvgIpc) is 3.82. The Labute approximate surface area is 385 Å². The lowest BCUT2D eigenvalue weighted by atomic mass is 9.85. The van der Waals surface area contributed by atoms with E-state index in [1.807, 2.05) is 42.5 Å². The summed E-state index contributed by atoms with van der Waals surface area (Å²) in [6.07, 6.45) is 0.749. The molecule has 1 fully saturated rings. The van der Waals surface area contributed by atoms with Gasteiger partial charge >= 0.3 is 5.97 Å². The summed E-state index contributed by atoms with van der Waals surface area (Å²) in [5, 5.41) is 39.8. The summed E-state index contributed by atoms with van der Waals surface area (Å²) in [5.74, 6) is -2.09. The number of fused-ring (bicyclic) bond motifs is 1. The minimum atomic E-state index is -2.07. The van der Waals surface area contributed by atoms with Gasteiger partial charge in [0.25, 0.3) is 5.91 Å². The van der Waals surface area contributed by atoms with Crippen LogP contribution in [-0.2, 0) is 34.8 Å². The van der Waals surface area contributed by atoms with E-state index in [9.17, 15) is 29.7 Å². The van der Waals surface area contributed by atoms with Gasteiger partial charge in [0.1, 0.15) is 22.9 Å². The highest BCUT2D eigenvalue weighted by molar-refractivity contribution is 7.15. The lowest BCUT2D eigenvalue weighted by Crippen LogP contribution is -2.40. The number of nitrogens with zero attached hydrogens (tertiary/aromatic N) is 1. The summed E-state index contributed by atoms with van der Waals surface area (Å²) in [6, 6.07) is 38.6. The Morgan fingerprint density at radius 2 is 1.62 bits per heavy atom. The fourth-order valence-corrected chi connectivity index (χ4v) is 9.39. The normalized spacial score (nSPS) is 14.7. The van der Waals surface area contributed by atoms with Gasteiger partial charge in [-0.25, -0.2) is 9.18 Å². The number of nitrogens with one attached hydrogen (secondary N) is 3. The number of carbonyl (C=O) groups is 2. The van der Waals surface area contributed by atoms with E-state index in [0.29, 0.717) is 27.6 Å². The maximum Gasteiger partial charge on any atom is 0.347 e. The smallest absolute Gasteiger partial charge is 0.347 e. The molecule has 0 spiro atoms.